The number of likely N-dealkylation sites (N-methyl/N-ethyl adjacent to an activating group) is 6. The Kier molecular flexibility index (Phi) is 34.3. The van der Waals surface area contributed by atoms with Gasteiger partial charge in [0.25, 0.3) is 5.91 Å². The molecule has 1 unspecified atom stereocenters. The second kappa shape index (κ2) is 40.7. The van der Waals surface area contributed by atoms with Gasteiger partial charge in [-0.25, -0.2) is 9.75 Å². The Balaban J connectivity index is 1.59. The van der Waals surface area contributed by atoms with Crippen molar-refractivity contribution < 1.29 is 67.1 Å². The fourth-order valence-corrected chi connectivity index (χ4v) is 14.6. The Morgan fingerprint density at radius 2 is 1.11 bits per heavy atom. The van der Waals surface area contributed by atoms with Crippen LogP contribution in [-0.2, 0) is 73.6 Å². The van der Waals surface area contributed by atoms with E-state index in [9.17, 15) is 14.4 Å². The summed E-state index contributed by atoms with van der Waals surface area (Å²) in [5.74, 6) is -10.1. The number of aromatic nitrogens is 3. The molecule has 0 saturated carbocycles. The average molecular weight is 1460 g/mol. The molecular weight excluding hydrogens is 1330 g/mol. The normalized spacial score (nSPS) is 27.1. The number of ketones is 2. The maximum Gasteiger partial charge on any atom is 0.270 e. The molecule has 27 nitrogen and oxygen atoms in total. The summed E-state index contributed by atoms with van der Waals surface area (Å²) in [5.41, 5.74) is 1.73. The number of hydrogen-bond donors (Lipinski definition) is 2. The van der Waals surface area contributed by atoms with Crippen LogP contribution >= 0.6 is 0 Å². The molecular formula is C77H129N13O14. The SMILES string of the molecule is CC[C@@H]1NC(=O)[C@@H]2C([C@H](C)CCCCCn3nnc4ccccc43)ON2C(=O)[C@H](C(C)C)N(C)C(=O)[C@H](CC(C)C)N(C)C(=O)[C@H](CC(C)C)N(C)C(=O)[C@@H](C)NC(=O)[C@H](C)CC(=O)[C@H](CC(C)C)N(C)C(=O)[C@H](C(C)C)CC(=O)[C@H]([C@@H](C)OCCCCN2CCOCC2)N(C)C(=O)[C@@H](C)N(C)C1=O. The van der Waals surface area contributed by atoms with E-state index in [4.69, 9.17) is 14.3 Å². The highest BCUT2D eigenvalue weighted by Crippen LogP contribution is 2.35. The molecule has 27 heteroatoms. The number of rotatable bonds is 23. The van der Waals surface area contributed by atoms with Crippen molar-refractivity contribution in [1.82, 2.24) is 65.0 Å². The third-order valence-corrected chi connectivity index (χ3v) is 21.3. The van der Waals surface area contributed by atoms with Gasteiger partial charge in [0, 0.05) is 93.2 Å². The number of nitrogens with zero attached hydrogens (tertiary/aromatic N) is 11. The van der Waals surface area contributed by atoms with Gasteiger partial charge in [-0.3, -0.25) is 62.5 Å². The van der Waals surface area contributed by atoms with E-state index in [1.807, 2.05) is 77.4 Å². The predicted molar refractivity (Wildman–Crippen MR) is 397 cm³/mol. The first-order chi connectivity index (χ1) is 48.9. The van der Waals surface area contributed by atoms with Crippen LogP contribution in [0.15, 0.2) is 24.3 Å². The average Bonchev–Trinajstić information content (AvgIpc) is 0.858. The van der Waals surface area contributed by atoms with Gasteiger partial charge in [-0.1, -0.05) is 120 Å². The molecule has 5 rings (SSSR count). The summed E-state index contributed by atoms with van der Waals surface area (Å²) in [6.07, 6.45) is 2.51. The van der Waals surface area contributed by atoms with Gasteiger partial charge in [0.15, 0.2) is 17.6 Å². The van der Waals surface area contributed by atoms with Crippen molar-refractivity contribution in [2.75, 3.05) is 81.7 Å². The molecule has 3 aliphatic rings. The Bertz CT molecular complexity index is 3210. The van der Waals surface area contributed by atoms with Crippen LogP contribution in [0.2, 0.25) is 0 Å². The van der Waals surface area contributed by atoms with Gasteiger partial charge in [-0.05, 0) is 126 Å². The number of hydrogen-bond acceptors (Lipinski definition) is 17. The van der Waals surface area contributed by atoms with Crippen molar-refractivity contribution >= 4 is 75.8 Å². The quantitative estimate of drug-likeness (QED) is 0.110. The zero-order valence-corrected chi connectivity index (χ0v) is 66.8. The summed E-state index contributed by atoms with van der Waals surface area (Å²) in [6, 6.07) is -3.03. The zero-order chi connectivity index (χ0) is 77.9. The first-order valence-corrected chi connectivity index (χ1v) is 38.3. The number of carbonyl (C=O) groups excluding carboxylic acids is 11. The van der Waals surface area contributed by atoms with Gasteiger partial charge in [0.2, 0.25) is 47.3 Å². The molecule has 1 aromatic heterocycles. The Morgan fingerprint density at radius 1 is 0.548 bits per heavy atom. The molecule has 586 valence electrons. The molecule has 0 radical (unpaired) electrons. The summed E-state index contributed by atoms with van der Waals surface area (Å²) in [6.45, 7) is 33.1. The first kappa shape index (κ1) is 87.7. The number of Topliss-reactive ketones (excluding diaryl/α,β-unsaturated/α-hetero) is 2. The largest absolute Gasteiger partial charge is 0.379 e. The number of aryl methyl sites for hydroxylation is 1. The summed E-state index contributed by atoms with van der Waals surface area (Å²) in [5, 5.41) is 15.3. The lowest BCUT2D eigenvalue weighted by Crippen LogP contribution is -2.72. The molecule has 104 heavy (non-hydrogen) atoms. The van der Waals surface area contributed by atoms with Crippen molar-refractivity contribution in [1.29, 1.82) is 0 Å². The molecule has 2 aromatic rings. The van der Waals surface area contributed by atoms with E-state index < -0.39 is 155 Å². The summed E-state index contributed by atoms with van der Waals surface area (Å²) in [4.78, 5) is 182. The first-order valence-electron chi connectivity index (χ1n) is 38.3. The van der Waals surface area contributed by atoms with E-state index in [0.29, 0.717) is 32.6 Å². The number of amides is 9. The monoisotopic (exact) mass is 1460 g/mol. The molecule has 4 heterocycles. The van der Waals surface area contributed by atoms with Crippen molar-refractivity contribution in [2.24, 2.45) is 47.3 Å². The number of hydroxylamine groups is 2. The van der Waals surface area contributed by atoms with Gasteiger partial charge >= 0.3 is 0 Å². The third-order valence-electron chi connectivity index (χ3n) is 21.3. The molecule has 3 saturated heterocycles. The number of unbranched alkanes of at least 4 members (excludes halogenated alkanes) is 3. The Labute approximate surface area is 619 Å². The highest BCUT2D eigenvalue weighted by atomic mass is 16.7. The fourth-order valence-electron chi connectivity index (χ4n) is 14.6. The number of ether oxygens (including phenoxy) is 2. The van der Waals surface area contributed by atoms with Crippen LogP contribution in [0.1, 0.15) is 188 Å². The molecule has 2 N–H and O–H groups in total. The van der Waals surface area contributed by atoms with Gasteiger partial charge in [-0.15, -0.1) is 5.10 Å². The zero-order valence-electron chi connectivity index (χ0n) is 66.8. The van der Waals surface area contributed by atoms with Crippen LogP contribution < -0.4 is 10.6 Å². The lowest BCUT2D eigenvalue weighted by atomic mass is 9.85. The van der Waals surface area contributed by atoms with Gasteiger partial charge in [0.05, 0.1) is 30.9 Å². The minimum atomic E-state index is -1.30. The maximum absolute atomic E-state index is 15.5. The highest BCUT2D eigenvalue weighted by Gasteiger charge is 2.55. The van der Waals surface area contributed by atoms with Crippen molar-refractivity contribution in [3.8, 4) is 0 Å². The summed E-state index contributed by atoms with van der Waals surface area (Å²) < 4.78 is 13.8. The number of nitrogens with one attached hydrogen (secondary N) is 2. The number of morpholine rings is 1. The molecule has 9 amide bonds. The molecule has 3 aliphatic heterocycles. The van der Waals surface area contributed by atoms with E-state index in [2.05, 4.69) is 25.8 Å². The van der Waals surface area contributed by atoms with Crippen LogP contribution in [0.3, 0.4) is 0 Å². The summed E-state index contributed by atoms with van der Waals surface area (Å²) >= 11 is 0. The number of fused-ring (bicyclic) bond motifs is 2. The van der Waals surface area contributed by atoms with Crippen molar-refractivity contribution in [3.05, 3.63) is 24.3 Å². The van der Waals surface area contributed by atoms with E-state index in [1.165, 1.54) is 85.5 Å². The highest BCUT2D eigenvalue weighted by molar-refractivity contribution is 6.00. The van der Waals surface area contributed by atoms with E-state index in [0.717, 1.165) is 61.4 Å². The Hall–Kier alpha value is -6.97. The van der Waals surface area contributed by atoms with Crippen molar-refractivity contribution in [3.63, 3.8) is 0 Å². The van der Waals surface area contributed by atoms with Crippen LogP contribution in [0, 0.1) is 47.3 Å². The number of benzene rings is 1. The molecule has 3 fully saturated rings. The molecule has 0 aliphatic carbocycles. The van der Waals surface area contributed by atoms with Gasteiger partial charge in [0.1, 0.15) is 53.9 Å². The smallest absolute Gasteiger partial charge is 0.270 e. The van der Waals surface area contributed by atoms with Crippen molar-refractivity contribution in [2.45, 2.75) is 261 Å². The Morgan fingerprint density at radius 3 is 1.69 bits per heavy atom. The summed E-state index contributed by atoms with van der Waals surface area (Å²) in [7, 11) is 8.88. The van der Waals surface area contributed by atoms with E-state index >= 15 is 38.4 Å². The minimum absolute atomic E-state index is 0.0546. The maximum atomic E-state index is 15.5. The standard InChI is InChI=1S/C77H129N13O14/c1-23-57-74(98)82(17)54(15)72(96)87(22)66(55(16)103-38-30-29-34-88-36-39-102-40-37-88)64(92)45-56(49(8)9)73(97)83(18)60(41-46(2)3)63(91)44-52(13)69(93)78-53(14)71(95)84(19)61(42-47(4)5)75(99)85(20)62(43-48(6)7)76(100)86(21)65(50(10)11)77(101)90-67(70(94)79-57)68(104-90)51(12)31-25-24-28-35-89-59-33-27-26-32-58(59)80-81-89/h26-27,32-33,46-57,60-62,65-68H,23-25,28-31,34-45H2,1-22H3,(H,78,93)(H,79,94)/t51-,52-,53-,54-,55-,56+,57+,60+,61+,62+,65+,66+,67+,68?/m1/s1. The molecule has 0 bridgehead atoms. The van der Waals surface area contributed by atoms with Crippen LogP contribution in [-0.4, -0.2) is 267 Å². The van der Waals surface area contributed by atoms with E-state index in [1.54, 1.807) is 48.5 Å². The second-order valence-corrected chi connectivity index (χ2v) is 31.8. The van der Waals surface area contributed by atoms with E-state index in [-0.39, 0.29) is 68.8 Å². The number of para-hydroxylation sites is 1. The van der Waals surface area contributed by atoms with Crippen LogP contribution in [0.5, 0.6) is 0 Å². The van der Waals surface area contributed by atoms with Crippen LogP contribution in [0.25, 0.3) is 11.0 Å². The topological polar surface area (TPSA) is 296 Å². The van der Waals surface area contributed by atoms with Crippen LogP contribution in [0.4, 0.5) is 0 Å². The predicted octanol–water partition coefficient (Wildman–Crippen LogP) is 6.67. The fraction of sp³-hybridized carbons (Fsp3) is 0.779. The number of carbonyl (C=O) groups is 11. The third kappa shape index (κ3) is 23.0. The molecule has 0 spiro atoms. The minimum Gasteiger partial charge on any atom is -0.379 e. The lowest BCUT2D eigenvalue weighted by Gasteiger charge is -2.50. The molecule has 1 aromatic carbocycles. The molecule has 14 atom stereocenters. The lowest BCUT2D eigenvalue weighted by molar-refractivity contribution is -0.322. The second-order valence-electron chi connectivity index (χ2n) is 31.8. The van der Waals surface area contributed by atoms with Gasteiger partial charge in [-0.2, -0.15) is 0 Å². The van der Waals surface area contributed by atoms with Gasteiger partial charge < -0.3 is 49.5 Å².